The summed E-state index contributed by atoms with van der Waals surface area (Å²) in [6.07, 6.45) is 4.28. The normalized spacial score (nSPS) is 10.7. The molecule has 2 N–H and O–H groups in total. The van der Waals surface area contributed by atoms with Crippen LogP contribution < -0.4 is 25.0 Å². The van der Waals surface area contributed by atoms with Gasteiger partial charge < -0.3 is 19.5 Å². The number of anilines is 1. The molecule has 0 radical (unpaired) electrons. The van der Waals surface area contributed by atoms with Crippen LogP contribution >= 0.6 is 0 Å². The third-order valence-electron chi connectivity index (χ3n) is 4.54. The molecule has 3 rings (SSSR count). The Balaban J connectivity index is 1.55. The first-order chi connectivity index (χ1) is 17.0. The predicted octanol–water partition coefficient (Wildman–Crippen LogP) is 3.41. The second kappa shape index (κ2) is 12.4. The van der Waals surface area contributed by atoms with Crippen LogP contribution in [0, 0.1) is 0 Å². The number of methoxy groups -OCH3 is 2. The van der Waals surface area contributed by atoms with Gasteiger partial charge in [0.1, 0.15) is 5.75 Å². The van der Waals surface area contributed by atoms with E-state index >= 15 is 0 Å². The average molecular weight is 473 g/mol. The van der Waals surface area contributed by atoms with E-state index < -0.39 is 17.8 Å². The van der Waals surface area contributed by atoms with Crippen LogP contribution in [-0.2, 0) is 14.4 Å². The van der Waals surface area contributed by atoms with Crippen LogP contribution in [0.4, 0.5) is 5.69 Å². The fourth-order valence-corrected chi connectivity index (χ4v) is 2.80. The number of hydrogen-bond donors (Lipinski definition) is 2. The first-order valence-corrected chi connectivity index (χ1v) is 10.4. The second-order valence-electron chi connectivity index (χ2n) is 6.96. The van der Waals surface area contributed by atoms with Gasteiger partial charge in [-0.15, -0.1) is 0 Å². The summed E-state index contributed by atoms with van der Waals surface area (Å²) in [7, 11) is 2.96. The molecule has 0 aliphatic rings. The van der Waals surface area contributed by atoms with Crippen LogP contribution in [0.2, 0.25) is 0 Å². The van der Waals surface area contributed by atoms with E-state index in [1.165, 1.54) is 32.6 Å². The van der Waals surface area contributed by atoms with Gasteiger partial charge in [-0.3, -0.25) is 9.59 Å². The molecule has 0 saturated heterocycles. The number of benzene rings is 3. The molecular formula is C26H23N3O6. The number of hydrazone groups is 1. The maximum absolute atomic E-state index is 12.1. The lowest BCUT2D eigenvalue weighted by molar-refractivity contribution is -0.136. The van der Waals surface area contributed by atoms with Gasteiger partial charge in [0.05, 0.1) is 20.4 Å². The Bertz CT molecular complexity index is 1240. The Morgan fingerprint density at radius 2 is 1.54 bits per heavy atom. The third kappa shape index (κ3) is 7.57. The second-order valence-corrected chi connectivity index (χ2v) is 6.96. The molecule has 0 saturated carbocycles. The highest BCUT2D eigenvalue weighted by Gasteiger charge is 2.13. The van der Waals surface area contributed by atoms with E-state index in [0.717, 1.165) is 5.56 Å². The highest BCUT2D eigenvalue weighted by molar-refractivity contribution is 6.39. The van der Waals surface area contributed by atoms with E-state index in [0.29, 0.717) is 22.7 Å². The van der Waals surface area contributed by atoms with E-state index in [9.17, 15) is 14.4 Å². The zero-order chi connectivity index (χ0) is 25.0. The highest BCUT2D eigenvalue weighted by Crippen LogP contribution is 2.27. The fourth-order valence-electron chi connectivity index (χ4n) is 2.80. The lowest BCUT2D eigenvalue weighted by Crippen LogP contribution is -2.32. The summed E-state index contributed by atoms with van der Waals surface area (Å²) in [6.45, 7) is 0. The molecular weight excluding hydrogens is 450 g/mol. The average Bonchev–Trinajstić information content (AvgIpc) is 2.89. The smallest absolute Gasteiger partial charge is 0.336 e. The molecule has 0 aliphatic carbocycles. The summed E-state index contributed by atoms with van der Waals surface area (Å²) in [5, 5.41) is 6.23. The van der Waals surface area contributed by atoms with Crippen molar-refractivity contribution in [3.05, 3.63) is 90.0 Å². The summed E-state index contributed by atoms with van der Waals surface area (Å²) in [5.41, 5.74) is 3.99. The minimum absolute atomic E-state index is 0.218. The molecule has 9 nitrogen and oxygen atoms in total. The number of esters is 1. The van der Waals surface area contributed by atoms with Crippen LogP contribution in [0.15, 0.2) is 84.0 Å². The van der Waals surface area contributed by atoms with Crippen molar-refractivity contribution >= 4 is 35.8 Å². The third-order valence-corrected chi connectivity index (χ3v) is 4.54. The molecule has 0 aromatic heterocycles. The van der Waals surface area contributed by atoms with Crippen molar-refractivity contribution in [3.8, 4) is 17.2 Å². The van der Waals surface area contributed by atoms with Crippen LogP contribution in [0.1, 0.15) is 11.1 Å². The molecule has 35 heavy (non-hydrogen) atoms. The Kier molecular flexibility index (Phi) is 8.73. The van der Waals surface area contributed by atoms with Gasteiger partial charge in [0.25, 0.3) is 0 Å². The minimum atomic E-state index is -0.945. The summed E-state index contributed by atoms with van der Waals surface area (Å²) >= 11 is 0. The fraction of sp³-hybridized carbons (Fsp3) is 0.0769. The van der Waals surface area contributed by atoms with Crippen LogP contribution in [0.25, 0.3) is 6.08 Å². The molecule has 178 valence electrons. The van der Waals surface area contributed by atoms with Gasteiger partial charge in [0, 0.05) is 11.8 Å². The first-order valence-electron chi connectivity index (χ1n) is 10.4. The number of nitrogens with zero attached hydrogens (tertiary/aromatic N) is 1. The molecule has 0 atom stereocenters. The Morgan fingerprint density at radius 1 is 0.800 bits per heavy atom. The van der Waals surface area contributed by atoms with Crippen molar-refractivity contribution < 1.29 is 28.6 Å². The zero-order valence-corrected chi connectivity index (χ0v) is 19.1. The number of hydrogen-bond acceptors (Lipinski definition) is 7. The van der Waals surface area contributed by atoms with Gasteiger partial charge in [0.2, 0.25) is 0 Å². The molecule has 0 bridgehead atoms. The van der Waals surface area contributed by atoms with Gasteiger partial charge in [-0.25, -0.2) is 10.2 Å². The van der Waals surface area contributed by atoms with Gasteiger partial charge >= 0.3 is 17.8 Å². The summed E-state index contributed by atoms with van der Waals surface area (Å²) in [5.74, 6) is -1.26. The summed E-state index contributed by atoms with van der Waals surface area (Å²) in [6, 6.07) is 20.6. The zero-order valence-electron chi connectivity index (χ0n) is 19.1. The molecule has 3 aromatic rings. The van der Waals surface area contributed by atoms with Gasteiger partial charge in [-0.2, -0.15) is 5.10 Å². The van der Waals surface area contributed by atoms with E-state index in [2.05, 4.69) is 15.8 Å². The molecule has 0 unspecified atom stereocenters. The van der Waals surface area contributed by atoms with Gasteiger partial charge in [-0.05, 0) is 59.7 Å². The standard InChI is InChI=1S/C26H23N3O6/c1-33-21-12-10-20(11-13-21)28-25(31)26(32)29-27-17-19-8-14-22(23(16-19)34-2)35-24(30)15-9-18-6-4-3-5-7-18/h3-17H,1-2H3,(H,28,31)(H,29,32)/b15-9+,27-17-. The predicted molar refractivity (Wildman–Crippen MR) is 131 cm³/mol. The highest BCUT2D eigenvalue weighted by atomic mass is 16.6. The van der Waals surface area contributed by atoms with Crippen LogP contribution in [0.3, 0.4) is 0 Å². The van der Waals surface area contributed by atoms with Crippen molar-refractivity contribution in [3.63, 3.8) is 0 Å². The monoisotopic (exact) mass is 473 g/mol. The molecule has 2 amide bonds. The number of ether oxygens (including phenoxy) is 3. The van der Waals surface area contributed by atoms with E-state index in [1.54, 1.807) is 42.5 Å². The molecule has 3 aromatic carbocycles. The Morgan fingerprint density at radius 3 is 2.23 bits per heavy atom. The Hall–Kier alpha value is -4.92. The largest absolute Gasteiger partial charge is 0.497 e. The molecule has 0 heterocycles. The van der Waals surface area contributed by atoms with Crippen molar-refractivity contribution in [2.24, 2.45) is 5.10 Å². The van der Waals surface area contributed by atoms with Crippen molar-refractivity contribution in [1.29, 1.82) is 0 Å². The van der Waals surface area contributed by atoms with Crippen molar-refractivity contribution in [2.75, 3.05) is 19.5 Å². The van der Waals surface area contributed by atoms with E-state index in [1.807, 2.05) is 30.3 Å². The van der Waals surface area contributed by atoms with Gasteiger partial charge in [-0.1, -0.05) is 30.3 Å². The van der Waals surface area contributed by atoms with Gasteiger partial charge in [0.15, 0.2) is 11.5 Å². The van der Waals surface area contributed by atoms with E-state index in [-0.39, 0.29) is 5.75 Å². The van der Waals surface area contributed by atoms with Crippen LogP contribution in [-0.4, -0.2) is 38.2 Å². The summed E-state index contributed by atoms with van der Waals surface area (Å²) in [4.78, 5) is 36.1. The summed E-state index contributed by atoms with van der Waals surface area (Å²) < 4.78 is 15.6. The van der Waals surface area contributed by atoms with Crippen molar-refractivity contribution in [1.82, 2.24) is 5.43 Å². The lowest BCUT2D eigenvalue weighted by Gasteiger charge is -2.08. The van der Waals surface area contributed by atoms with Crippen LogP contribution in [0.5, 0.6) is 17.2 Å². The molecule has 0 aliphatic heterocycles. The molecule has 0 fully saturated rings. The number of rotatable bonds is 8. The molecule has 0 spiro atoms. The van der Waals surface area contributed by atoms with E-state index in [4.69, 9.17) is 14.2 Å². The topological polar surface area (TPSA) is 115 Å². The quantitative estimate of drug-likeness (QED) is 0.129. The maximum Gasteiger partial charge on any atom is 0.336 e. The Labute approximate surface area is 202 Å². The number of carbonyl (C=O) groups is 3. The first kappa shape index (κ1) is 24.7. The number of nitrogens with one attached hydrogen (secondary N) is 2. The SMILES string of the molecule is COc1ccc(NC(=O)C(=O)N/N=C\c2ccc(OC(=O)/C=C/c3ccccc3)c(OC)c2)cc1. The molecule has 9 heteroatoms. The van der Waals surface area contributed by atoms with Crippen molar-refractivity contribution in [2.45, 2.75) is 0 Å². The maximum atomic E-state index is 12.1. The lowest BCUT2D eigenvalue weighted by atomic mass is 10.2. The minimum Gasteiger partial charge on any atom is -0.497 e. The number of amides is 2. The number of carbonyl (C=O) groups excluding carboxylic acids is 3.